The van der Waals surface area contributed by atoms with Crippen molar-refractivity contribution in [2.75, 3.05) is 19.8 Å². The summed E-state index contributed by atoms with van der Waals surface area (Å²) in [7, 11) is 0. The smallest absolute Gasteiger partial charge is 0.311 e. The van der Waals surface area contributed by atoms with Gasteiger partial charge in [0.25, 0.3) is 0 Å². The van der Waals surface area contributed by atoms with Crippen LogP contribution in [0.15, 0.2) is 0 Å². The first-order chi connectivity index (χ1) is 14.5. The van der Waals surface area contributed by atoms with Gasteiger partial charge in [0.1, 0.15) is 6.04 Å². The molecule has 1 spiro atoms. The first-order valence-corrected chi connectivity index (χ1v) is 12.4. The molecule has 0 radical (unpaired) electrons. The maximum Gasteiger partial charge on any atom is 0.311 e. The number of ether oxygens (including phenoxy) is 1. The van der Waals surface area contributed by atoms with E-state index in [0.717, 1.165) is 38.5 Å². The molecular weight excluding hydrogens is 416 g/mol. The summed E-state index contributed by atoms with van der Waals surface area (Å²) in [4.78, 5) is 41.9. The van der Waals surface area contributed by atoms with Crippen molar-refractivity contribution in [1.82, 2.24) is 10.2 Å². The summed E-state index contributed by atoms with van der Waals surface area (Å²) in [5, 5.41) is 12.1. The Labute approximate surface area is 190 Å². The summed E-state index contributed by atoms with van der Waals surface area (Å²) in [5.41, 5.74) is -0.409. The lowest BCUT2D eigenvalue weighted by Crippen LogP contribution is -2.57. The highest BCUT2D eigenvalue weighted by Crippen LogP contribution is 2.71. The van der Waals surface area contributed by atoms with E-state index >= 15 is 0 Å². The molecule has 3 heterocycles. The quantitative estimate of drug-likeness (QED) is 0.411. The number of nitrogens with zero attached hydrogens (tertiary/aromatic N) is 1. The van der Waals surface area contributed by atoms with Crippen LogP contribution >= 0.6 is 11.8 Å². The fourth-order valence-electron chi connectivity index (χ4n) is 5.74. The number of fused-ring (bicyclic) bond motifs is 1. The Morgan fingerprint density at radius 2 is 1.90 bits per heavy atom. The molecule has 3 rings (SSSR count). The Bertz CT molecular complexity index is 723. The van der Waals surface area contributed by atoms with Crippen molar-refractivity contribution in [2.24, 2.45) is 11.8 Å². The minimum absolute atomic E-state index is 0.0785. The number of esters is 1. The molecule has 2 bridgehead atoms. The van der Waals surface area contributed by atoms with Crippen LogP contribution in [0.4, 0.5) is 0 Å². The third kappa shape index (κ3) is 4.34. The lowest BCUT2D eigenvalue weighted by atomic mass is 9.66. The molecule has 2 amide bonds. The number of aliphatic hydroxyl groups excluding tert-OH is 1. The topological polar surface area (TPSA) is 95.9 Å². The van der Waals surface area contributed by atoms with Crippen LogP contribution in [0.3, 0.4) is 0 Å². The maximum absolute atomic E-state index is 13.7. The lowest BCUT2D eigenvalue weighted by molar-refractivity contribution is -0.155. The van der Waals surface area contributed by atoms with Crippen molar-refractivity contribution < 1.29 is 24.2 Å². The molecule has 176 valence electrons. The SMILES string of the molecule is CCOC(=O)[C@@H]1[C@H]2C(=O)N(CCCCCCO)C(C(=O)NC(C)(C)C)C23CC[C@@]1(C)S3. The lowest BCUT2D eigenvalue weighted by Gasteiger charge is -2.36. The van der Waals surface area contributed by atoms with Gasteiger partial charge in [-0.2, -0.15) is 0 Å². The number of thioether (sulfide) groups is 1. The highest BCUT2D eigenvalue weighted by molar-refractivity contribution is 8.02. The molecule has 0 aliphatic carbocycles. The van der Waals surface area contributed by atoms with E-state index < -0.39 is 28.2 Å². The van der Waals surface area contributed by atoms with E-state index in [0.29, 0.717) is 6.54 Å². The first kappa shape index (κ1) is 24.4. The van der Waals surface area contributed by atoms with Gasteiger partial charge >= 0.3 is 5.97 Å². The molecule has 3 fully saturated rings. The zero-order valence-electron chi connectivity index (χ0n) is 19.5. The highest BCUT2D eigenvalue weighted by atomic mass is 32.2. The van der Waals surface area contributed by atoms with Gasteiger partial charge in [0.2, 0.25) is 11.8 Å². The Kier molecular flexibility index (Phi) is 7.02. The zero-order chi connectivity index (χ0) is 23.0. The molecular formula is C23H38N2O5S. The van der Waals surface area contributed by atoms with Gasteiger partial charge in [0, 0.05) is 23.4 Å². The number of likely N-dealkylation sites (tertiary alicyclic amines) is 1. The summed E-state index contributed by atoms with van der Waals surface area (Å²) in [6, 6.07) is -0.576. The number of aliphatic hydroxyl groups is 1. The van der Waals surface area contributed by atoms with Crippen LogP contribution in [0.1, 0.15) is 73.1 Å². The maximum atomic E-state index is 13.7. The molecule has 0 saturated carbocycles. The first-order valence-electron chi connectivity index (χ1n) is 11.6. The van der Waals surface area contributed by atoms with Crippen molar-refractivity contribution in [3.05, 3.63) is 0 Å². The molecule has 7 nitrogen and oxygen atoms in total. The second kappa shape index (κ2) is 8.93. The molecule has 2 unspecified atom stereocenters. The van der Waals surface area contributed by atoms with Crippen molar-refractivity contribution in [1.29, 1.82) is 0 Å². The summed E-state index contributed by atoms with van der Waals surface area (Å²) >= 11 is 1.67. The second-order valence-electron chi connectivity index (χ2n) is 10.4. The van der Waals surface area contributed by atoms with E-state index in [2.05, 4.69) is 12.2 Å². The predicted octanol–water partition coefficient (Wildman–Crippen LogP) is 2.50. The molecule has 0 aromatic heterocycles. The Morgan fingerprint density at radius 3 is 2.52 bits per heavy atom. The minimum Gasteiger partial charge on any atom is -0.466 e. The van der Waals surface area contributed by atoms with Gasteiger partial charge in [-0.1, -0.05) is 12.8 Å². The minimum atomic E-state index is -0.580. The van der Waals surface area contributed by atoms with Gasteiger partial charge in [-0.25, -0.2) is 0 Å². The molecule has 3 aliphatic heterocycles. The van der Waals surface area contributed by atoms with E-state index in [1.807, 2.05) is 20.8 Å². The van der Waals surface area contributed by atoms with Crippen LogP contribution in [0.5, 0.6) is 0 Å². The molecule has 0 aromatic carbocycles. The predicted molar refractivity (Wildman–Crippen MR) is 121 cm³/mol. The van der Waals surface area contributed by atoms with Crippen LogP contribution in [0, 0.1) is 11.8 Å². The third-order valence-electron chi connectivity index (χ3n) is 6.87. The van der Waals surface area contributed by atoms with Crippen LogP contribution in [0.2, 0.25) is 0 Å². The van der Waals surface area contributed by atoms with Crippen molar-refractivity contribution in [2.45, 2.75) is 94.2 Å². The van der Waals surface area contributed by atoms with Crippen molar-refractivity contribution >= 4 is 29.5 Å². The average Bonchev–Trinajstić information content (AvgIpc) is 3.21. The van der Waals surface area contributed by atoms with Gasteiger partial charge in [0.05, 0.1) is 23.2 Å². The normalized spacial score (nSPS) is 34.2. The second-order valence-corrected chi connectivity index (χ2v) is 12.3. The molecule has 8 heteroatoms. The van der Waals surface area contributed by atoms with Gasteiger partial charge < -0.3 is 20.1 Å². The number of nitrogens with one attached hydrogen (secondary N) is 1. The number of carbonyl (C=O) groups excluding carboxylic acids is 3. The molecule has 5 atom stereocenters. The van der Waals surface area contributed by atoms with E-state index in [9.17, 15) is 14.4 Å². The monoisotopic (exact) mass is 454 g/mol. The standard InChI is InChI=1S/C23H38N2O5S/c1-6-30-20(29)16-15-19(28)25(13-9-7-8-10-14-26)17(18(27)24-21(2,3)4)23(15)12-11-22(16,5)31-23/h15-17,26H,6-14H2,1-5H3,(H,24,27)/t15-,16-,17?,22+,23?/m0/s1. The third-order valence-corrected chi connectivity index (χ3v) is 8.86. The fourth-order valence-corrected chi connectivity index (χ4v) is 8.09. The molecule has 31 heavy (non-hydrogen) atoms. The van der Waals surface area contributed by atoms with Gasteiger partial charge in [-0.05, 0) is 60.3 Å². The van der Waals surface area contributed by atoms with Gasteiger partial charge in [-0.3, -0.25) is 14.4 Å². The summed E-state index contributed by atoms with van der Waals surface area (Å²) in [5.74, 6) is -1.53. The fraction of sp³-hybridized carbons (Fsp3) is 0.870. The number of carbonyl (C=O) groups is 3. The molecule has 3 aliphatic rings. The molecule has 3 saturated heterocycles. The van der Waals surface area contributed by atoms with E-state index in [4.69, 9.17) is 9.84 Å². The zero-order valence-corrected chi connectivity index (χ0v) is 20.3. The number of rotatable bonds is 9. The molecule has 0 aromatic rings. The summed E-state index contributed by atoms with van der Waals surface area (Å²) in [6.45, 7) is 10.6. The average molecular weight is 455 g/mol. The Balaban J connectivity index is 1.92. The number of hydrogen-bond acceptors (Lipinski definition) is 6. The van der Waals surface area contributed by atoms with E-state index in [1.165, 1.54) is 0 Å². The van der Waals surface area contributed by atoms with Crippen LogP contribution < -0.4 is 5.32 Å². The van der Waals surface area contributed by atoms with Gasteiger partial charge in [-0.15, -0.1) is 11.8 Å². The Hall–Kier alpha value is -1.28. The summed E-state index contributed by atoms with van der Waals surface area (Å²) in [6.07, 6.45) is 4.86. The molecule has 2 N–H and O–H groups in total. The number of amides is 2. The largest absolute Gasteiger partial charge is 0.466 e. The van der Waals surface area contributed by atoms with Crippen LogP contribution in [-0.2, 0) is 19.1 Å². The van der Waals surface area contributed by atoms with E-state index in [1.54, 1.807) is 23.6 Å². The van der Waals surface area contributed by atoms with Gasteiger partial charge in [0.15, 0.2) is 0 Å². The van der Waals surface area contributed by atoms with E-state index in [-0.39, 0.29) is 35.7 Å². The number of unbranched alkanes of at least 4 members (excludes halogenated alkanes) is 3. The highest BCUT2D eigenvalue weighted by Gasteiger charge is 2.77. The Morgan fingerprint density at radius 1 is 1.23 bits per heavy atom. The summed E-state index contributed by atoms with van der Waals surface area (Å²) < 4.78 is 4.43. The van der Waals surface area contributed by atoms with Crippen LogP contribution in [-0.4, -0.2) is 68.6 Å². The van der Waals surface area contributed by atoms with Crippen molar-refractivity contribution in [3.63, 3.8) is 0 Å². The van der Waals surface area contributed by atoms with Crippen LogP contribution in [0.25, 0.3) is 0 Å². The van der Waals surface area contributed by atoms with Crippen molar-refractivity contribution in [3.8, 4) is 0 Å². The number of hydrogen-bond donors (Lipinski definition) is 2.